The molecule has 4 rings (SSSR count). The van der Waals surface area contributed by atoms with Gasteiger partial charge in [0.25, 0.3) is 0 Å². The van der Waals surface area contributed by atoms with Gasteiger partial charge in [-0.25, -0.2) is 0 Å². The summed E-state index contributed by atoms with van der Waals surface area (Å²) in [4.78, 5) is 13.7. The first-order valence-corrected chi connectivity index (χ1v) is 6.94. The van der Waals surface area contributed by atoms with Crippen LogP contribution in [0.25, 0.3) is 32.6 Å². The first-order chi connectivity index (χ1) is 10.6. The highest BCUT2D eigenvalue weighted by atomic mass is 35.5. The first-order valence-electron chi connectivity index (χ1n) is 6.56. The number of aromatic amines is 1. The molecular formula is C16H9ClN2O3. The number of rotatable bonds is 1. The molecule has 5 nitrogen and oxygen atoms in total. The summed E-state index contributed by atoms with van der Waals surface area (Å²) >= 11 is 6.00. The molecule has 0 saturated heterocycles. The molecule has 6 heteroatoms. The van der Waals surface area contributed by atoms with Gasteiger partial charge in [-0.1, -0.05) is 23.7 Å². The van der Waals surface area contributed by atoms with Crippen molar-refractivity contribution < 1.29 is 10.0 Å². The number of phenolic OH excluding ortho intramolecular Hbond substituents is 1. The summed E-state index contributed by atoms with van der Waals surface area (Å²) in [5, 5.41) is 24.9. The Bertz CT molecular complexity index is 1090. The van der Waals surface area contributed by atoms with Crippen LogP contribution in [0.15, 0.2) is 42.5 Å². The third-order valence-corrected chi connectivity index (χ3v) is 4.09. The summed E-state index contributed by atoms with van der Waals surface area (Å²) in [5.74, 6) is -0.316. The van der Waals surface area contributed by atoms with Crippen molar-refractivity contribution in [1.82, 2.24) is 4.98 Å². The molecule has 22 heavy (non-hydrogen) atoms. The van der Waals surface area contributed by atoms with E-state index in [9.17, 15) is 15.2 Å². The quantitative estimate of drug-likeness (QED) is 0.393. The van der Waals surface area contributed by atoms with Crippen molar-refractivity contribution in [2.75, 3.05) is 0 Å². The second kappa shape index (κ2) is 4.35. The van der Waals surface area contributed by atoms with Crippen LogP contribution >= 0.6 is 11.6 Å². The zero-order chi connectivity index (χ0) is 15.4. The number of aromatic hydroxyl groups is 1. The maximum atomic E-state index is 11.1. The van der Waals surface area contributed by atoms with Gasteiger partial charge in [-0.3, -0.25) is 10.1 Å². The van der Waals surface area contributed by atoms with Crippen LogP contribution in [0.3, 0.4) is 0 Å². The number of nitro groups is 1. The highest BCUT2D eigenvalue weighted by molar-refractivity contribution is 6.32. The Morgan fingerprint density at radius 1 is 1.05 bits per heavy atom. The molecule has 0 spiro atoms. The molecule has 0 amide bonds. The lowest BCUT2D eigenvalue weighted by molar-refractivity contribution is -0.385. The molecular weight excluding hydrogens is 304 g/mol. The van der Waals surface area contributed by atoms with Crippen molar-refractivity contribution in [2.45, 2.75) is 0 Å². The molecule has 0 unspecified atom stereocenters. The van der Waals surface area contributed by atoms with E-state index in [1.54, 1.807) is 18.2 Å². The number of phenols is 1. The zero-order valence-corrected chi connectivity index (χ0v) is 11.9. The molecule has 0 bridgehead atoms. The number of halogens is 1. The van der Waals surface area contributed by atoms with E-state index in [0.717, 1.165) is 27.2 Å². The minimum Gasteiger partial charge on any atom is -0.502 e. The highest BCUT2D eigenvalue weighted by Crippen LogP contribution is 2.41. The third-order valence-electron chi connectivity index (χ3n) is 3.85. The Kier molecular flexibility index (Phi) is 2.55. The number of nitrogens with one attached hydrogen (secondary N) is 1. The topological polar surface area (TPSA) is 79.2 Å². The van der Waals surface area contributed by atoms with E-state index in [1.807, 2.05) is 18.2 Å². The Morgan fingerprint density at radius 3 is 2.59 bits per heavy atom. The van der Waals surface area contributed by atoms with Crippen molar-refractivity contribution in [3.8, 4) is 5.75 Å². The molecule has 108 valence electrons. The fraction of sp³-hybridized carbons (Fsp3) is 0. The zero-order valence-electron chi connectivity index (χ0n) is 11.1. The second-order valence-corrected chi connectivity index (χ2v) is 5.53. The molecule has 0 aliphatic carbocycles. The fourth-order valence-corrected chi connectivity index (χ4v) is 3.07. The molecule has 0 atom stereocenters. The molecule has 1 aromatic heterocycles. The Morgan fingerprint density at radius 2 is 1.82 bits per heavy atom. The average molecular weight is 313 g/mol. The Labute approximate surface area is 128 Å². The number of hydrogen-bond donors (Lipinski definition) is 2. The van der Waals surface area contributed by atoms with Gasteiger partial charge in [0.1, 0.15) is 0 Å². The lowest BCUT2D eigenvalue weighted by atomic mass is 10.0. The van der Waals surface area contributed by atoms with Crippen molar-refractivity contribution in [2.24, 2.45) is 0 Å². The average Bonchev–Trinajstić information content (AvgIpc) is 2.84. The van der Waals surface area contributed by atoms with Crippen molar-refractivity contribution >= 4 is 49.9 Å². The van der Waals surface area contributed by atoms with Crippen molar-refractivity contribution in [1.29, 1.82) is 0 Å². The van der Waals surface area contributed by atoms with Gasteiger partial charge in [-0.15, -0.1) is 0 Å². The van der Waals surface area contributed by atoms with Gasteiger partial charge in [0.15, 0.2) is 0 Å². The van der Waals surface area contributed by atoms with Crippen molar-refractivity contribution in [3.63, 3.8) is 0 Å². The van der Waals surface area contributed by atoms with Gasteiger partial charge in [0.2, 0.25) is 5.75 Å². The third kappa shape index (κ3) is 1.66. The monoisotopic (exact) mass is 312 g/mol. The number of nitrogens with zero attached hydrogens (tertiary/aromatic N) is 1. The second-order valence-electron chi connectivity index (χ2n) is 5.09. The number of benzene rings is 3. The molecule has 4 aromatic rings. The summed E-state index contributed by atoms with van der Waals surface area (Å²) in [7, 11) is 0. The summed E-state index contributed by atoms with van der Waals surface area (Å²) in [6.07, 6.45) is 0. The molecule has 1 heterocycles. The highest BCUT2D eigenvalue weighted by Gasteiger charge is 2.19. The summed E-state index contributed by atoms with van der Waals surface area (Å²) in [5.41, 5.74) is 1.31. The Hall–Kier alpha value is -2.79. The van der Waals surface area contributed by atoms with Crippen LogP contribution < -0.4 is 0 Å². The maximum absolute atomic E-state index is 11.1. The van der Waals surface area contributed by atoms with E-state index in [2.05, 4.69) is 4.98 Å². The van der Waals surface area contributed by atoms with Crippen LogP contribution in [0, 0.1) is 10.1 Å². The van der Waals surface area contributed by atoms with Gasteiger partial charge >= 0.3 is 5.69 Å². The first kappa shape index (κ1) is 12.9. The van der Waals surface area contributed by atoms with E-state index in [-0.39, 0.29) is 11.4 Å². The summed E-state index contributed by atoms with van der Waals surface area (Å²) in [6, 6.07) is 12.0. The largest absolute Gasteiger partial charge is 0.502 e. The molecule has 0 radical (unpaired) electrons. The van der Waals surface area contributed by atoms with Crippen LogP contribution in [0.5, 0.6) is 5.75 Å². The minimum atomic E-state index is -0.584. The number of H-pyrrole nitrogens is 1. The number of nitro benzene ring substituents is 1. The van der Waals surface area contributed by atoms with E-state index in [0.29, 0.717) is 10.4 Å². The van der Waals surface area contributed by atoms with E-state index >= 15 is 0 Å². The smallest absolute Gasteiger partial charge is 0.311 e. The normalized spacial score (nSPS) is 11.5. The molecule has 0 aliphatic rings. The predicted molar refractivity (Wildman–Crippen MR) is 86.6 cm³/mol. The van der Waals surface area contributed by atoms with Gasteiger partial charge in [-0.05, 0) is 29.7 Å². The van der Waals surface area contributed by atoms with E-state index in [4.69, 9.17) is 11.6 Å². The minimum absolute atomic E-state index is 0.302. The van der Waals surface area contributed by atoms with Gasteiger partial charge in [-0.2, -0.15) is 0 Å². The SMILES string of the molecule is O=[N+]([O-])c1ccc2ccc3[nH]c4cc(Cl)ccc4c3c2c1O. The summed E-state index contributed by atoms with van der Waals surface area (Å²) < 4.78 is 0. The van der Waals surface area contributed by atoms with Gasteiger partial charge < -0.3 is 10.1 Å². The Balaban J connectivity index is 2.28. The van der Waals surface area contributed by atoms with E-state index < -0.39 is 4.92 Å². The number of hydrogen-bond acceptors (Lipinski definition) is 3. The lowest BCUT2D eigenvalue weighted by Gasteiger charge is -2.04. The maximum Gasteiger partial charge on any atom is 0.311 e. The van der Waals surface area contributed by atoms with Crippen LogP contribution in [0.4, 0.5) is 5.69 Å². The molecule has 0 aliphatic heterocycles. The molecule has 0 saturated carbocycles. The van der Waals surface area contributed by atoms with Crippen LogP contribution in [0.1, 0.15) is 0 Å². The van der Waals surface area contributed by atoms with Gasteiger partial charge in [0.05, 0.1) is 4.92 Å². The van der Waals surface area contributed by atoms with E-state index in [1.165, 1.54) is 6.07 Å². The van der Waals surface area contributed by atoms with Crippen LogP contribution in [-0.4, -0.2) is 15.0 Å². The van der Waals surface area contributed by atoms with Crippen LogP contribution in [-0.2, 0) is 0 Å². The van der Waals surface area contributed by atoms with Crippen LogP contribution in [0.2, 0.25) is 5.02 Å². The number of aromatic nitrogens is 1. The summed E-state index contributed by atoms with van der Waals surface area (Å²) in [6.45, 7) is 0. The molecule has 2 N–H and O–H groups in total. The predicted octanol–water partition coefficient (Wildman–Crippen LogP) is 4.74. The van der Waals surface area contributed by atoms with Crippen molar-refractivity contribution in [3.05, 3.63) is 57.6 Å². The standard InChI is InChI=1S/C16H9ClN2O3/c17-9-3-4-10-12(7-9)18-11-5-1-8-2-6-13(19(21)22)16(20)14(8)15(10)11/h1-7,18,20H. The molecule has 3 aromatic carbocycles. The molecule has 0 fully saturated rings. The van der Waals surface area contributed by atoms with Gasteiger partial charge in [0, 0.05) is 38.3 Å². The number of fused-ring (bicyclic) bond motifs is 5. The fourth-order valence-electron chi connectivity index (χ4n) is 2.90. The lowest BCUT2D eigenvalue weighted by Crippen LogP contribution is -1.89.